The number of carbonyl (C=O) groups is 1. The minimum Gasteiger partial charge on any atom is -0.366 e. The van der Waals surface area contributed by atoms with Crippen LogP contribution in [0, 0.1) is 5.92 Å². The Bertz CT molecular complexity index is 458. The number of nitrogens with zero attached hydrogens (tertiary/aromatic N) is 2. The normalized spacial score (nSPS) is 24.2. The molecule has 9 heteroatoms. The summed E-state index contributed by atoms with van der Waals surface area (Å²) in [7, 11) is 0. The van der Waals surface area contributed by atoms with E-state index in [1.807, 2.05) is 0 Å². The lowest BCUT2D eigenvalue weighted by Gasteiger charge is -2.33. The van der Waals surface area contributed by atoms with Gasteiger partial charge in [0.25, 0.3) is 5.91 Å². The Labute approximate surface area is 107 Å². The summed E-state index contributed by atoms with van der Waals surface area (Å²) in [5, 5.41) is 8.08. The second kappa shape index (κ2) is 5.06. The van der Waals surface area contributed by atoms with Crippen LogP contribution in [0.3, 0.4) is 0 Å². The van der Waals surface area contributed by atoms with E-state index in [1.165, 1.54) is 0 Å². The average molecular weight is 277 g/mol. The number of rotatable bonds is 2. The van der Waals surface area contributed by atoms with Crippen molar-refractivity contribution < 1.29 is 18.0 Å². The average Bonchev–Trinajstić information content (AvgIpc) is 2.75. The van der Waals surface area contributed by atoms with Gasteiger partial charge in [-0.2, -0.15) is 18.2 Å². The van der Waals surface area contributed by atoms with E-state index in [-0.39, 0.29) is 18.2 Å². The highest BCUT2D eigenvalue weighted by Crippen LogP contribution is 2.37. The highest BCUT2D eigenvalue weighted by Gasteiger charge is 2.46. The van der Waals surface area contributed by atoms with Gasteiger partial charge < -0.3 is 11.1 Å². The fraction of sp³-hybridized carbons (Fsp3) is 0.700. The lowest BCUT2D eigenvalue weighted by atomic mass is 9.84. The SMILES string of the molecule is Nc1n[nH]c(C(=O)NC2CCCCC2C(F)(F)F)n1. The summed E-state index contributed by atoms with van der Waals surface area (Å²) >= 11 is 0. The number of nitrogens with two attached hydrogens (primary N) is 1. The molecule has 0 aromatic carbocycles. The molecule has 2 rings (SSSR count). The first-order valence-electron chi connectivity index (χ1n) is 5.93. The quantitative estimate of drug-likeness (QED) is 0.757. The van der Waals surface area contributed by atoms with E-state index in [1.54, 1.807) is 0 Å². The number of nitrogen functional groups attached to an aromatic ring is 1. The van der Waals surface area contributed by atoms with E-state index in [4.69, 9.17) is 5.73 Å². The molecule has 19 heavy (non-hydrogen) atoms. The zero-order chi connectivity index (χ0) is 14.0. The minimum atomic E-state index is -4.31. The summed E-state index contributed by atoms with van der Waals surface area (Å²) in [6.45, 7) is 0. The van der Waals surface area contributed by atoms with Crippen molar-refractivity contribution in [2.24, 2.45) is 5.92 Å². The number of alkyl halides is 3. The van der Waals surface area contributed by atoms with E-state index < -0.39 is 24.0 Å². The molecule has 1 aromatic heterocycles. The maximum Gasteiger partial charge on any atom is 0.393 e. The van der Waals surface area contributed by atoms with E-state index >= 15 is 0 Å². The Morgan fingerprint density at radius 2 is 2.05 bits per heavy atom. The lowest BCUT2D eigenvalue weighted by Crippen LogP contribution is -2.47. The Morgan fingerprint density at radius 1 is 1.37 bits per heavy atom. The number of anilines is 1. The van der Waals surface area contributed by atoms with Crippen molar-refractivity contribution in [2.75, 3.05) is 5.73 Å². The summed E-state index contributed by atoms with van der Waals surface area (Å²) in [6.07, 6.45) is -2.78. The van der Waals surface area contributed by atoms with E-state index in [2.05, 4.69) is 20.5 Å². The molecule has 0 spiro atoms. The van der Waals surface area contributed by atoms with Crippen LogP contribution in [-0.4, -0.2) is 33.3 Å². The number of nitrogens with one attached hydrogen (secondary N) is 2. The molecule has 1 aliphatic carbocycles. The Balaban J connectivity index is 2.05. The molecule has 0 saturated heterocycles. The summed E-state index contributed by atoms with van der Waals surface area (Å²) in [5.41, 5.74) is 5.23. The van der Waals surface area contributed by atoms with Crippen LogP contribution < -0.4 is 11.1 Å². The second-order valence-corrected chi connectivity index (χ2v) is 4.55. The van der Waals surface area contributed by atoms with Crippen molar-refractivity contribution in [2.45, 2.75) is 37.9 Å². The van der Waals surface area contributed by atoms with E-state index in [9.17, 15) is 18.0 Å². The Kier molecular flexibility index (Phi) is 3.63. The van der Waals surface area contributed by atoms with Crippen LogP contribution >= 0.6 is 0 Å². The Morgan fingerprint density at radius 3 is 2.63 bits per heavy atom. The van der Waals surface area contributed by atoms with Gasteiger partial charge in [-0.25, -0.2) is 0 Å². The third kappa shape index (κ3) is 3.15. The molecule has 2 atom stereocenters. The molecular formula is C10H14F3N5O. The molecule has 0 bridgehead atoms. The molecule has 0 radical (unpaired) electrons. The first-order chi connectivity index (χ1) is 8.88. The van der Waals surface area contributed by atoms with Crippen molar-refractivity contribution >= 4 is 11.9 Å². The predicted octanol–water partition coefficient (Wildman–Crippen LogP) is 1.24. The Hall–Kier alpha value is -1.80. The number of carbonyl (C=O) groups excluding carboxylic acids is 1. The summed E-state index contributed by atoms with van der Waals surface area (Å²) in [5.74, 6) is -2.53. The molecule has 4 N–H and O–H groups in total. The molecule has 1 amide bonds. The van der Waals surface area contributed by atoms with Crippen LogP contribution in [0.5, 0.6) is 0 Å². The lowest BCUT2D eigenvalue weighted by molar-refractivity contribution is -0.187. The highest BCUT2D eigenvalue weighted by atomic mass is 19.4. The van der Waals surface area contributed by atoms with Gasteiger partial charge in [0.2, 0.25) is 11.8 Å². The maximum absolute atomic E-state index is 12.8. The van der Waals surface area contributed by atoms with Crippen molar-refractivity contribution in [3.63, 3.8) is 0 Å². The van der Waals surface area contributed by atoms with Gasteiger partial charge in [0, 0.05) is 6.04 Å². The first-order valence-corrected chi connectivity index (χ1v) is 5.93. The topological polar surface area (TPSA) is 96.7 Å². The third-order valence-corrected chi connectivity index (χ3v) is 3.22. The maximum atomic E-state index is 12.8. The minimum absolute atomic E-state index is 0.0347. The number of aromatic nitrogens is 3. The molecule has 1 heterocycles. The van der Waals surface area contributed by atoms with E-state index in [0.29, 0.717) is 19.3 Å². The molecule has 1 fully saturated rings. The van der Waals surface area contributed by atoms with Gasteiger partial charge in [-0.1, -0.05) is 12.8 Å². The van der Waals surface area contributed by atoms with Crippen LogP contribution in [0.4, 0.5) is 19.1 Å². The molecular weight excluding hydrogens is 263 g/mol. The summed E-state index contributed by atoms with van der Waals surface area (Å²) < 4.78 is 38.5. The fourth-order valence-corrected chi connectivity index (χ4v) is 2.31. The van der Waals surface area contributed by atoms with Gasteiger partial charge in [-0.05, 0) is 12.8 Å². The van der Waals surface area contributed by atoms with Crippen LogP contribution in [0.1, 0.15) is 36.3 Å². The zero-order valence-electron chi connectivity index (χ0n) is 10.00. The molecule has 2 unspecified atom stereocenters. The number of H-pyrrole nitrogens is 1. The third-order valence-electron chi connectivity index (χ3n) is 3.22. The smallest absolute Gasteiger partial charge is 0.366 e. The van der Waals surface area contributed by atoms with Gasteiger partial charge in [0.1, 0.15) is 0 Å². The van der Waals surface area contributed by atoms with Crippen LogP contribution in [0.25, 0.3) is 0 Å². The van der Waals surface area contributed by atoms with Gasteiger partial charge >= 0.3 is 6.18 Å². The standard InChI is InChI=1S/C10H14F3N5O/c11-10(12,13)5-3-1-2-4-6(5)15-8(19)7-16-9(14)18-17-7/h5-6H,1-4H2,(H,15,19)(H3,14,16,17,18). The van der Waals surface area contributed by atoms with Crippen LogP contribution in [0.15, 0.2) is 0 Å². The second-order valence-electron chi connectivity index (χ2n) is 4.55. The molecule has 0 aliphatic heterocycles. The number of amides is 1. The van der Waals surface area contributed by atoms with Crippen molar-refractivity contribution in [1.29, 1.82) is 0 Å². The van der Waals surface area contributed by atoms with Gasteiger partial charge in [-0.15, -0.1) is 5.10 Å². The molecule has 1 saturated carbocycles. The zero-order valence-corrected chi connectivity index (χ0v) is 10.00. The van der Waals surface area contributed by atoms with Crippen molar-refractivity contribution in [1.82, 2.24) is 20.5 Å². The molecule has 6 nitrogen and oxygen atoms in total. The van der Waals surface area contributed by atoms with Gasteiger partial charge in [0.05, 0.1) is 5.92 Å². The largest absolute Gasteiger partial charge is 0.393 e. The van der Waals surface area contributed by atoms with Crippen LogP contribution in [0.2, 0.25) is 0 Å². The number of hydrogen-bond acceptors (Lipinski definition) is 4. The molecule has 1 aliphatic rings. The summed E-state index contributed by atoms with van der Waals surface area (Å²) in [4.78, 5) is 15.3. The van der Waals surface area contributed by atoms with Crippen molar-refractivity contribution in [3.8, 4) is 0 Å². The van der Waals surface area contributed by atoms with Gasteiger partial charge in [0.15, 0.2) is 0 Å². The van der Waals surface area contributed by atoms with Gasteiger partial charge in [-0.3, -0.25) is 9.89 Å². The summed E-state index contributed by atoms with van der Waals surface area (Å²) in [6, 6.07) is -0.924. The highest BCUT2D eigenvalue weighted by molar-refractivity contribution is 5.90. The van der Waals surface area contributed by atoms with E-state index in [0.717, 1.165) is 0 Å². The van der Waals surface area contributed by atoms with Crippen molar-refractivity contribution in [3.05, 3.63) is 5.82 Å². The monoisotopic (exact) mass is 277 g/mol. The fourth-order valence-electron chi connectivity index (χ4n) is 2.31. The molecule has 106 valence electrons. The van der Waals surface area contributed by atoms with Crippen LogP contribution in [-0.2, 0) is 0 Å². The first kappa shape index (κ1) is 13.6. The molecule has 1 aromatic rings. The number of aromatic amines is 1. The number of hydrogen-bond donors (Lipinski definition) is 3. The predicted molar refractivity (Wildman–Crippen MR) is 60.1 cm³/mol. The number of halogens is 3.